The van der Waals surface area contributed by atoms with Gasteiger partial charge in [0.05, 0.1) is 11.9 Å². The third kappa shape index (κ3) is 3.00. The molecule has 0 saturated heterocycles. The average Bonchev–Trinajstić information content (AvgIpc) is 2.42. The molecule has 2 aromatic heterocycles. The Morgan fingerprint density at radius 2 is 2.00 bits per heavy atom. The predicted octanol–water partition coefficient (Wildman–Crippen LogP) is 0.494. The standard InChI is InChI=1S/C13H15N5O2/c1-17(2)11-6-4-9(8-14-11)15-13(20)10-5-7-12(19)18(3)16-10/h4-8H,1-3H3,(H,15,20). The van der Waals surface area contributed by atoms with Crippen LogP contribution in [0.2, 0.25) is 0 Å². The minimum Gasteiger partial charge on any atom is -0.363 e. The van der Waals surface area contributed by atoms with E-state index in [4.69, 9.17) is 0 Å². The van der Waals surface area contributed by atoms with Gasteiger partial charge >= 0.3 is 0 Å². The molecule has 104 valence electrons. The maximum absolute atomic E-state index is 12.0. The molecule has 2 heterocycles. The number of nitrogens with one attached hydrogen (secondary N) is 1. The number of hydrogen-bond donors (Lipinski definition) is 1. The molecule has 2 rings (SSSR count). The second-order valence-electron chi connectivity index (χ2n) is 4.43. The highest BCUT2D eigenvalue weighted by atomic mass is 16.2. The topological polar surface area (TPSA) is 80.1 Å². The van der Waals surface area contributed by atoms with E-state index < -0.39 is 0 Å². The predicted molar refractivity (Wildman–Crippen MR) is 76.0 cm³/mol. The summed E-state index contributed by atoms with van der Waals surface area (Å²) in [7, 11) is 5.26. The molecule has 7 heteroatoms. The van der Waals surface area contributed by atoms with Crippen molar-refractivity contribution in [2.75, 3.05) is 24.3 Å². The average molecular weight is 273 g/mol. The van der Waals surface area contributed by atoms with Gasteiger partial charge in [-0.3, -0.25) is 9.59 Å². The van der Waals surface area contributed by atoms with Crippen LogP contribution in [-0.4, -0.2) is 34.8 Å². The van der Waals surface area contributed by atoms with Gasteiger partial charge in [0.15, 0.2) is 0 Å². The molecule has 2 aromatic rings. The Hall–Kier alpha value is -2.70. The molecule has 0 bridgehead atoms. The lowest BCUT2D eigenvalue weighted by atomic mass is 10.3. The Bertz CT molecular complexity index is 676. The van der Waals surface area contributed by atoms with Crippen LogP contribution in [0.4, 0.5) is 11.5 Å². The number of carbonyl (C=O) groups excluding carboxylic acids is 1. The maximum atomic E-state index is 12.0. The van der Waals surface area contributed by atoms with Crippen LogP contribution in [0.15, 0.2) is 35.3 Å². The highest BCUT2D eigenvalue weighted by Crippen LogP contribution is 2.12. The van der Waals surface area contributed by atoms with Gasteiger partial charge < -0.3 is 10.2 Å². The summed E-state index contributed by atoms with van der Waals surface area (Å²) in [5.74, 6) is 0.406. The van der Waals surface area contributed by atoms with Gasteiger partial charge in [0.25, 0.3) is 11.5 Å². The summed E-state index contributed by atoms with van der Waals surface area (Å²) < 4.78 is 1.11. The monoisotopic (exact) mass is 273 g/mol. The van der Waals surface area contributed by atoms with E-state index in [1.54, 1.807) is 18.3 Å². The summed E-state index contributed by atoms with van der Waals surface area (Å²) in [6.07, 6.45) is 1.56. The molecule has 0 aliphatic rings. The lowest BCUT2D eigenvalue weighted by Gasteiger charge is -2.11. The summed E-state index contributed by atoms with van der Waals surface area (Å²) >= 11 is 0. The molecule has 20 heavy (non-hydrogen) atoms. The molecule has 0 fully saturated rings. The van der Waals surface area contributed by atoms with Gasteiger partial charge in [0.1, 0.15) is 11.5 Å². The molecule has 1 amide bonds. The first-order valence-electron chi connectivity index (χ1n) is 5.96. The van der Waals surface area contributed by atoms with Gasteiger partial charge in [-0.2, -0.15) is 5.10 Å². The molecule has 0 aliphatic heterocycles. The van der Waals surface area contributed by atoms with Gasteiger partial charge in [0.2, 0.25) is 0 Å². The normalized spacial score (nSPS) is 10.2. The third-order valence-corrected chi connectivity index (χ3v) is 2.66. The summed E-state index contributed by atoms with van der Waals surface area (Å²) in [5.41, 5.74) is 0.471. The zero-order valence-corrected chi connectivity index (χ0v) is 11.5. The Kier molecular flexibility index (Phi) is 3.79. The number of aromatic nitrogens is 3. The van der Waals surface area contributed by atoms with Gasteiger partial charge in [-0.1, -0.05) is 0 Å². The molecule has 0 aromatic carbocycles. The van der Waals surface area contributed by atoms with Crippen molar-refractivity contribution in [3.63, 3.8) is 0 Å². The molecular weight excluding hydrogens is 258 g/mol. The van der Waals surface area contributed by atoms with E-state index in [1.165, 1.54) is 19.2 Å². The summed E-state index contributed by atoms with van der Waals surface area (Å²) in [4.78, 5) is 29.2. The van der Waals surface area contributed by atoms with Crippen LogP contribution >= 0.6 is 0 Å². The number of carbonyl (C=O) groups is 1. The highest BCUT2D eigenvalue weighted by Gasteiger charge is 2.09. The van der Waals surface area contributed by atoms with Crippen LogP contribution in [-0.2, 0) is 7.05 Å². The number of hydrogen-bond acceptors (Lipinski definition) is 5. The lowest BCUT2D eigenvalue weighted by molar-refractivity contribution is 0.102. The molecule has 0 atom stereocenters. The highest BCUT2D eigenvalue weighted by molar-refractivity contribution is 6.02. The molecule has 0 spiro atoms. The van der Waals surface area contributed by atoms with Crippen LogP contribution in [0.5, 0.6) is 0 Å². The maximum Gasteiger partial charge on any atom is 0.276 e. The Morgan fingerprint density at radius 1 is 1.25 bits per heavy atom. The van der Waals surface area contributed by atoms with E-state index >= 15 is 0 Å². The van der Waals surface area contributed by atoms with Gasteiger partial charge in [-0.25, -0.2) is 9.67 Å². The summed E-state index contributed by atoms with van der Waals surface area (Å²) in [6, 6.07) is 6.24. The number of aryl methyl sites for hydroxylation is 1. The van der Waals surface area contributed by atoms with E-state index in [9.17, 15) is 9.59 Å². The van der Waals surface area contributed by atoms with Crippen LogP contribution in [0.1, 0.15) is 10.5 Å². The van der Waals surface area contributed by atoms with Crippen molar-refractivity contribution in [1.82, 2.24) is 14.8 Å². The largest absolute Gasteiger partial charge is 0.363 e. The SMILES string of the molecule is CN(C)c1ccc(NC(=O)c2ccc(=O)n(C)n2)cn1. The molecule has 0 unspecified atom stereocenters. The fraction of sp³-hybridized carbons (Fsp3) is 0.231. The molecule has 7 nitrogen and oxygen atoms in total. The third-order valence-electron chi connectivity index (χ3n) is 2.66. The number of nitrogens with zero attached hydrogens (tertiary/aromatic N) is 4. The van der Waals surface area contributed by atoms with Crippen molar-refractivity contribution in [2.45, 2.75) is 0 Å². The second kappa shape index (κ2) is 5.52. The van der Waals surface area contributed by atoms with Crippen molar-refractivity contribution < 1.29 is 4.79 Å². The van der Waals surface area contributed by atoms with E-state index in [0.29, 0.717) is 5.69 Å². The minimum atomic E-state index is -0.389. The summed E-state index contributed by atoms with van der Waals surface area (Å²) in [6.45, 7) is 0. The first-order valence-corrected chi connectivity index (χ1v) is 5.96. The van der Waals surface area contributed by atoms with Gasteiger partial charge in [-0.15, -0.1) is 0 Å². The van der Waals surface area contributed by atoms with Crippen molar-refractivity contribution >= 4 is 17.4 Å². The van der Waals surface area contributed by atoms with Gasteiger partial charge in [-0.05, 0) is 18.2 Å². The number of pyridine rings is 1. The van der Waals surface area contributed by atoms with Gasteiger partial charge in [0, 0.05) is 27.2 Å². The van der Waals surface area contributed by atoms with Crippen LogP contribution in [0.3, 0.4) is 0 Å². The summed E-state index contributed by atoms with van der Waals surface area (Å²) in [5, 5.41) is 6.55. The van der Waals surface area contributed by atoms with E-state index in [1.807, 2.05) is 19.0 Å². The fourth-order valence-corrected chi connectivity index (χ4v) is 1.54. The van der Waals surface area contributed by atoms with Crippen molar-refractivity contribution in [2.24, 2.45) is 7.05 Å². The van der Waals surface area contributed by atoms with Crippen molar-refractivity contribution in [1.29, 1.82) is 0 Å². The zero-order chi connectivity index (χ0) is 14.7. The molecule has 0 radical (unpaired) electrons. The number of rotatable bonds is 3. The van der Waals surface area contributed by atoms with E-state index in [0.717, 1.165) is 10.5 Å². The van der Waals surface area contributed by atoms with Crippen molar-refractivity contribution in [3.05, 3.63) is 46.5 Å². The quantitative estimate of drug-likeness (QED) is 0.880. The van der Waals surface area contributed by atoms with E-state index in [-0.39, 0.29) is 17.2 Å². The van der Waals surface area contributed by atoms with Crippen LogP contribution in [0.25, 0.3) is 0 Å². The lowest BCUT2D eigenvalue weighted by Crippen LogP contribution is -2.23. The smallest absolute Gasteiger partial charge is 0.276 e. The Labute approximate surface area is 115 Å². The number of anilines is 2. The van der Waals surface area contributed by atoms with Crippen LogP contribution in [0, 0.1) is 0 Å². The van der Waals surface area contributed by atoms with E-state index in [2.05, 4.69) is 15.4 Å². The second-order valence-corrected chi connectivity index (χ2v) is 4.43. The first kappa shape index (κ1) is 13.7. The van der Waals surface area contributed by atoms with Crippen molar-refractivity contribution in [3.8, 4) is 0 Å². The first-order chi connectivity index (χ1) is 9.47. The van der Waals surface area contributed by atoms with Crippen LogP contribution < -0.4 is 15.8 Å². The Morgan fingerprint density at radius 3 is 2.55 bits per heavy atom. The zero-order valence-electron chi connectivity index (χ0n) is 11.5. The molecular formula is C13H15N5O2. The molecule has 1 N–H and O–H groups in total. The minimum absolute atomic E-state index is 0.170. The molecule has 0 saturated carbocycles. The Balaban J connectivity index is 2.14. The molecule has 0 aliphatic carbocycles. The fourth-order valence-electron chi connectivity index (χ4n) is 1.54. The number of amides is 1.